The van der Waals surface area contributed by atoms with Crippen LogP contribution >= 0.6 is 11.6 Å². The number of nitrogens with two attached hydrogens (primary N) is 1. The van der Waals surface area contributed by atoms with Crippen molar-refractivity contribution in [3.63, 3.8) is 0 Å². The van der Waals surface area contributed by atoms with Crippen LogP contribution in [0, 0.1) is 0 Å². The molecular formula is C13H14ClN3O2. The Morgan fingerprint density at radius 1 is 1.16 bits per heavy atom. The number of rotatable bonds is 4. The number of nitrogens with one attached hydrogen (secondary N) is 1. The number of benzene rings is 1. The second kappa shape index (κ2) is 5.67. The third-order valence-electron chi connectivity index (χ3n) is 2.51. The number of halogens is 1. The topological polar surface area (TPSA) is 69.4 Å². The molecule has 0 atom stereocenters. The van der Waals surface area contributed by atoms with Crippen molar-refractivity contribution in [3.8, 4) is 11.5 Å². The summed E-state index contributed by atoms with van der Waals surface area (Å²) < 4.78 is 10.4. The zero-order valence-corrected chi connectivity index (χ0v) is 11.4. The molecule has 0 aliphatic rings. The number of aromatic nitrogens is 1. The van der Waals surface area contributed by atoms with Crippen molar-refractivity contribution < 1.29 is 9.47 Å². The summed E-state index contributed by atoms with van der Waals surface area (Å²) in [5.41, 5.74) is 6.90. The minimum atomic E-state index is 0.454. The summed E-state index contributed by atoms with van der Waals surface area (Å²) in [6.45, 7) is 0. The molecule has 1 aromatic heterocycles. The van der Waals surface area contributed by atoms with Gasteiger partial charge in [-0.25, -0.2) is 4.98 Å². The second-order valence-corrected chi connectivity index (χ2v) is 4.20. The molecule has 0 unspecified atom stereocenters. The van der Waals surface area contributed by atoms with Gasteiger partial charge in [0.25, 0.3) is 0 Å². The highest BCUT2D eigenvalue weighted by Gasteiger charge is 2.07. The maximum Gasteiger partial charge on any atom is 0.162 e. The largest absolute Gasteiger partial charge is 0.493 e. The van der Waals surface area contributed by atoms with Gasteiger partial charge in [-0.15, -0.1) is 0 Å². The first-order chi connectivity index (χ1) is 9.13. The summed E-state index contributed by atoms with van der Waals surface area (Å²) in [5, 5.41) is 3.54. The average Bonchev–Trinajstić information content (AvgIpc) is 2.41. The zero-order valence-electron chi connectivity index (χ0n) is 10.6. The average molecular weight is 280 g/mol. The predicted molar refractivity (Wildman–Crippen MR) is 76.5 cm³/mol. The first kappa shape index (κ1) is 13.3. The summed E-state index contributed by atoms with van der Waals surface area (Å²) in [7, 11) is 3.17. The van der Waals surface area contributed by atoms with E-state index in [1.165, 1.54) is 6.20 Å². The fourth-order valence-corrected chi connectivity index (χ4v) is 1.82. The molecule has 3 N–H and O–H groups in total. The summed E-state index contributed by atoms with van der Waals surface area (Å²) in [6.07, 6.45) is 1.54. The first-order valence-electron chi connectivity index (χ1n) is 5.54. The maximum atomic E-state index is 6.05. The van der Waals surface area contributed by atoms with Gasteiger partial charge < -0.3 is 20.5 Å². The predicted octanol–water partition coefficient (Wildman–Crippen LogP) is 3.08. The Balaban J connectivity index is 2.28. The molecule has 6 heteroatoms. The van der Waals surface area contributed by atoms with Gasteiger partial charge in [0.15, 0.2) is 11.5 Å². The van der Waals surface area contributed by atoms with Gasteiger partial charge in [0.1, 0.15) is 5.82 Å². The number of nitrogens with zero attached hydrogens (tertiary/aromatic N) is 1. The van der Waals surface area contributed by atoms with Crippen LogP contribution in [0.2, 0.25) is 5.02 Å². The molecule has 0 saturated carbocycles. The smallest absolute Gasteiger partial charge is 0.162 e. The number of nitrogen functional groups attached to an aromatic ring is 1. The van der Waals surface area contributed by atoms with Crippen LogP contribution in [-0.4, -0.2) is 19.2 Å². The van der Waals surface area contributed by atoms with Crippen LogP contribution in [0.1, 0.15) is 0 Å². The van der Waals surface area contributed by atoms with Crippen LogP contribution in [-0.2, 0) is 0 Å². The minimum Gasteiger partial charge on any atom is -0.493 e. The Kier molecular flexibility index (Phi) is 3.97. The Morgan fingerprint density at radius 3 is 2.53 bits per heavy atom. The normalized spacial score (nSPS) is 10.1. The molecule has 0 saturated heterocycles. The lowest BCUT2D eigenvalue weighted by molar-refractivity contribution is 0.355. The molecule has 0 fully saturated rings. The fourth-order valence-electron chi connectivity index (χ4n) is 1.60. The van der Waals surface area contributed by atoms with Crippen LogP contribution in [0.15, 0.2) is 30.5 Å². The van der Waals surface area contributed by atoms with E-state index in [0.717, 1.165) is 5.69 Å². The quantitative estimate of drug-likeness (QED) is 0.900. The number of pyridine rings is 1. The van der Waals surface area contributed by atoms with E-state index in [1.807, 2.05) is 6.07 Å². The van der Waals surface area contributed by atoms with E-state index in [4.69, 9.17) is 26.8 Å². The minimum absolute atomic E-state index is 0.454. The third kappa shape index (κ3) is 3.00. The fraction of sp³-hybridized carbons (Fsp3) is 0.154. The van der Waals surface area contributed by atoms with Crippen molar-refractivity contribution >= 4 is 28.8 Å². The zero-order chi connectivity index (χ0) is 13.8. The summed E-state index contributed by atoms with van der Waals surface area (Å²) in [4.78, 5) is 4.13. The van der Waals surface area contributed by atoms with E-state index in [9.17, 15) is 0 Å². The van der Waals surface area contributed by atoms with Gasteiger partial charge in [0.2, 0.25) is 0 Å². The highest BCUT2D eigenvalue weighted by molar-refractivity contribution is 6.33. The Labute approximate surface area is 116 Å². The van der Waals surface area contributed by atoms with Gasteiger partial charge in [-0.05, 0) is 18.2 Å². The molecule has 2 aromatic rings. The summed E-state index contributed by atoms with van der Waals surface area (Å²) in [5.74, 6) is 1.81. The molecule has 1 aromatic carbocycles. The highest BCUT2D eigenvalue weighted by atomic mass is 35.5. The van der Waals surface area contributed by atoms with E-state index >= 15 is 0 Å². The summed E-state index contributed by atoms with van der Waals surface area (Å²) >= 11 is 6.05. The lowest BCUT2D eigenvalue weighted by Gasteiger charge is -2.11. The SMILES string of the molecule is COc1ccc(Nc2ncc(N)cc2Cl)cc1OC. The monoisotopic (exact) mass is 279 g/mol. The molecule has 0 amide bonds. The standard InChI is InChI=1S/C13H14ClN3O2/c1-18-11-4-3-9(6-12(11)19-2)17-13-10(14)5-8(15)7-16-13/h3-7H,15H2,1-2H3,(H,16,17). The lowest BCUT2D eigenvalue weighted by Crippen LogP contribution is -1.97. The van der Waals surface area contributed by atoms with Crippen molar-refractivity contribution in [1.82, 2.24) is 4.98 Å². The van der Waals surface area contributed by atoms with Gasteiger partial charge in [-0.1, -0.05) is 11.6 Å². The molecule has 1 heterocycles. The number of hydrogen-bond donors (Lipinski definition) is 2. The Morgan fingerprint density at radius 2 is 1.89 bits per heavy atom. The van der Waals surface area contributed by atoms with E-state index < -0.39 is 0 Å². The molecule has 19 heavy (non-hydrogen) atoms. The van der Waals surface area contributed by atoms with Gasteiger partial charge in [-0.3, -0.25) is 0 Å². The first-order valence-corrected chi connectivity index (χ1v) is 5.92. The lowest BCUT2D eigenvalue weighted by atomic mass is 10.2. The molecule has 0 spiro atoms. The highest BCUT2D eigenvalue weighted by Crippen LogP contribution is 2.32. The molecule has 0 aliphatic heterocycles. The number of methoxy groups -OCH3 is 2. The van der Waals surface area contributed by atoms with Crippen LogP contribution in [0.5, 0.6) is 11.5 Å². The summed E-state index contributed by atoms with van der Waals surface area (Å²) in [6, 6.07) is 7.08. The van der Waals surface area contributed by atoms with E-state index in [2.05, 4.69) is 10.3 Å². The molecule has 0 radical (unpaired) electrons. The van der Waals surface area contributed by atoms with Gasteiger partial charge in [0.05, 0.1) is 31.1 Å². The van der Waals surface area contributed by atoms with Gasteiger partial charge in [0, 0.05) is 11.8 Å². The van der Waals surface area contributed by atoms with Crippen molar-refractivity contribution in [2.45, 2.75) is 0 Å². The third-order valence-corrected chi connectivity index (χ3v) is 2.80. The van der Waals surface area contributed by atoms with Crippen molar-refractivity contribution in [2.75, 3.05) is 25.3 Å². The van der Waals surface area contributed by atoms with Crippen molar-refractivity contribution in [3.05, 3.63) is 35.5 Å². The van der Waals surface area contributed by atoms with E-state index in [1.54, 1.807) is 32.4 Å². The van der Waals surface area contributed by atoms with Crippen LogP contribution in [0.25, 0.3) is 0 Å². The second-order valence-electron chi connectivity index (χ2n) is 3.79. The Bertz CT molecular complexity index is 590. The molecule has 0 aliphatic carbocycles. The molecule has 0 bridgehead atoms. The molecule has 2 rings (SSSR count). The van der Waals surface area contributed by atoms with Crippen LogP contribution in [0.3, 0.4) is 0 Å². The van der Waals surface area contributed by atoms with Gasteiger partial charge in [-0.2, -0.15) is 0 Å². The molecular weight excluding hydrogens is 266 g/mol. The number of ether oxygens (including phenoxy) is 2. The van der Waals surface area contributed by atoms with Crippen LogP contribution < -0.4 is 20.5 Å². The van der Waals surface area contributed by atoms with Crippen molar-refractivity contribution in [1.29, 1.82) is 0 Å². The number of hydrogen-bond acceptors (Lipinski definition) is 5. The number of anilines is 3. The maximum absolute atomic E-state index is 6.05. The molecule has 100 valence electrons. The van der Waals surface area contributed by atoms with Gasteiger partial charge >= 0.3 is 0 Å². The van der Waals surface area contributed by atoms with Crippen molar-refractivity contribution in [2.24, 2.45) is 0 Å². The van der Waals surface area contributed by atoms with E-state index in [-0.39, 0.29) is 0 Å². The van der Waals surface area contributed by atoms with Crippen LogP contribution in [0.4, 0.5) is 17.2 Å². The molecule has 5 nitrogen and oxygen atoms in total. The Hall–Kier alpha value is -2.14. The van der Waals surface area contributed by atoms with E-state index in [0.29, 0.717) is 28.0 Å².